The van der Waals surface area contributed by atoms with Crippen molar-refractivity contribution in [1.82, 2.24) is 10.6 Å². The number of nitrogens with one attached hydrogen (secondary N) is 2. The maximum Gasteiger partial charge on any atom is 0.242 e. The molecule has 0 saturated carbocycles. The average molecular weight is 263 g/mol. The van der Waals surface area contributed by atoms with Crippen LogP contribution in [0.25, 0.3) is 0 Å². The summed E-state index contributed by atoms with van der Waals surface area (Å²) in [5.74, 6) is -0.409. The van der Waals surface area contributed by atoms with Crippen molar-refractivity contribution in [2.24, 2.45) is 0 Å². The number of anilines is 1. The second-order valence-electron chi connectivity index (χ2n) is 4.83. The molecule has 1 aromatic rings. The molecule has 104 valence electrons. The fourth-order valence-electron chi connectivity index (χ4n) is 1.64. The molecule has 0 aromatic heterocycles. The van der Waals surface area contributed by atoms with Crippen molar-refractivity contribution >= 4 is 17.5 Å². The number of benzene rings is 1. The molecule has 0 aliphatic rings. The van der Waals surface area contributed by atoms with Crippen molar-refractivity contribution in [2.75, 3.05) is 5.73 Å². The van der Waals surface area contributed by atoms with Crippen LogP contribution in [-0.2, 0) is 16.0 Å². The number of hydrogen-bond acceptors (Lipinski definition) is 3. The van der Waals surface area contributed by atoms with Crippen molar-refractivity contribution in [1.29, 1.82) is 0 Å². The second kappa shape index (κ2) is 6.78. The van der Waals surface area contributed by atoms with Crippen LogP contribution in [0.4, 0.5) is 5.69 Å². The average Bonchev–Trinajstić information content (AvgIpc) is 2.31. The number of nitrogen functional groups attached to an aromatic ring is 1. The van der Waals surface area contributed by atoms with Gasteiger partial charge < -0.3 is 16.4 Å². The molecular weight excluding hydrogens is 242 g/mol. The fraction of sp³-hybridized carbons (Fsp3) is 0.429. The lowest BCUT2D eigenvalue weighted by Crippen LogP contribution is -2.47. The van der Waals surface area contributed by atoms with Crippen LogP contribution in [0.5, 0.6) is 0 Å². The van der Waals surface area contributed by atoms with Gasteiger partial charge in [0.25, 0.3) is 0 Å². The molecule has 0 aliphatic heterocycles. The number of nitrogens with two attached hydrogens (primary N) is 1. The van der Waals surface area contributed by atoms with Gasteiger partial charge in [-0.1, -0.05) is 18.2 Å². The van der Waals surface area contributed by atoms with E-state index >= 15 is 0 Å². The SMILES string of the molecule is CC(C)NC(=O)C(C)NC(=O)Cc1ccccc1N. The molecular formula is C14H21N3O2. The molecule has 4 N–H and O–H groups in total. The summed E-state index contributed by atoms with van der Waals surface area (Å²) < 4.78 is 0. The minimum atomic E-state index is -0.556. The summed E-state index contributed by atoms with van der Waals surface area (Å²) in [5, 5.41) is 5.40. The highest BCUT2D eigenvalue weighted by Gasteiger charge is 2.16. The minimum absolute atomic E-state index is 0.0524. The van der Waals surface area contributed by atoms with Crippen LogP contribution in [0.2, 0.25) is 0 Å². The van der Waals surface area contributed by atoms with E-state index in [9.17, 15) is 9.59 Å². The summed E-state index contributed by atoms with van der Waals surface area (Å²) in [6, 6.07) is 6.69. The summed E-state index contributed by atoms with van der Waals surface area (Å²) in [6.45, 7) is 5.40. The van der Waals surface area contributed by atoms with E-state index in [1.54, 1.807) is 19.1 Å². The van der Waals surface area contributed by atoms with Gasteiger partial charge >= 0.3 is 0 Å². The van der Waals surface area contributed by atoms with E-state index in [0.717, 1.165) is 5.56 Å². The molecule has 19 heavy (non-hydrogen) atoms. The molecule has 1 rings (SSSR count). The molecule has 2 amide bonds. The van der Waals surface area contributed by atoms with Crippen LogP contribution in [0.1, 0.15) is 26.3 Å². The normalized spacial score (nSPS) is 12.0. The summed E-state index contributed by atoms with van der Waals surface area (Å²) >= 11 is 0. The first kappa shape index (κ1) is 15.0. The molecule has 0 heterocycles. The smallest absolute Gasteiger partial charge is 0.242 e. The van der Waals surface area contributed by atoms with Crippen molar-refractivity contribution in [3.05, 3.63) is 29.8 Å². The van der Waals surface area contributed by atoms with Gasteiger partial charge in [0.1, 0.15) is 6.04 Å². The van der Waals surface area contributed by atoms with Crippen molar-refractivity contribution in [3.8, 4) is 0 Å². The summed E-state index contributed by atoms with van der Waals surface area (Å²) in [7, 11) is 0. The van der Waals surface area contributed by atoms with Gasteiger partial charge in [-0.05, 0) is 32.4 Å². The van der Waals surface area contributed by atoms with E-state index in [0.29, 0.717) is 5.69 Å². The van der Waals surface area contributed by atoms with E-state index in [1.807, 2.05) is 26.0 Å². The number of carbonyl (C=O) groups excluding carboxylic acids is 2. The van der Waals surface area contributed by atoms with Gasteiger partial charge in [-0.3, -0.25) is 9.59 Å². The number of hydrogen-bond donors (Lipinski definition) is 3. The van der Waals surface area contributed by atoms with E-state index in [2.05, 4.69) is 10.6 Å². The van der Waals surface area contributed by atoms with E-state index in [1.165, 1.54) is 0 Å². The van der Waals surface area contributed by atoms with Gasteiger partial charge in [-0.25, -0.2) is 0 Å². The first-order chi connectivity index (χ1) is 8.90. The van der Waals surface area contributed by atoms with Crippen LogP contribution in [0.3, 0.4) is 0 Å². The largest absolute Gasteiger partial charge is 0.398 e. The van der Waals surface area contributed by atoms with E-state index in [4.69, 9.17) is 5.73 Å². The lowest BCUT2D eigenvalue weighted by molar-refractivity contribution is -0.128. The molecule has 1 aromatic carbocycles. The molecule has 0 aliphatic carbocycles. The second-order valence-corrected chi connectivity index (χ2v) is 4.83. The lowest BCUT2D eigenvalue weighted by Gasteiger charge is -2.16. The molecule has 0 saturated heterocycles. The molecule has 5 heteroatoms. The maximum atomic E-state index is 11.8. The van der Waals surface area contributed by atoms with Gasteiger partial charge in [0.05, 0.1) is 6.42 Å². The van der Waals surface area contributed by atoms with Gasteiger partial charge in [-0.15, -0.1) is 0 Å². The van der Waals surface area contributed by atoms with Gasteiger partial charge in [0.15, 0.2) is 0 Å². The predicted octanol–water partition coefficient (Wildman–Crippen LogP) is 0.841. The molecule has 0 radical (unpaired) electrons. The summed E-state index contributed by atoms with van der Waals surface area (Å²) in [6.07, 6.45) is 0.173. The number of amides is 2. The topological polar surface area (TPSA) is 84.2 Å². The molecule has 1 atom stereocenters. The van der Waals surface area contributed by atoms with Crippen LogP contribution >= 0.6 is 0 Å². The molecule has 1 unspecified atom stereocenters. The molecule has 5 nitrogen and oxygen atoms in total. The van der Waals surface area contributed by atoms with Crippen molar-refractivity contribution in [2.45, 2.75) is 39.3 Å². The Morgan fingerprint density at radius 2 is 1.79 bits per heavy atom. The first-order valence-corrected chi connectivity index (χ1v) is 6.33. The van der Waals surface area contributed by atoms with Crippen LogP contribution in [-0.4, -0.2) is 23.9 Å². The van der Waals surface area contributed by atoms with E-state index in [-0.39, 0.29) is 24.3 Å². The standard InChI is InChI=1S/C14H21N3O2/c1-9(2)16-14(19)10(3)17-13(18)8-11-6-4-5-7-12(11)15/h4-7,9-10H,8,15H2,1-3H3,(H,16,19)(H,17,18). The Balaban J connectivity index is 2.52. The number of para-hydroxylation sites is 1. The van der Waals surface area contributed by atoms with Gasteiger partial charge in [0, 0.05) is 11.7 Å². The Labute approximate surface area is 113 Å². The predicted molar refractivity (Wildman–Crippen MR) is 75.4 cm³/mol. The molecule has 0 spiro atoms. The zero-order valence-electron chi connectivity index (χ0n) is 11.6. The Bertz CT molecular complexity index is 458. The van der Waals surface area contributed by atoms with E-state index < -0.39 is 6.04 Å². The highest BCUT2D eigenvalue weighted by atomic mass is 16.2. The third-order valence-electron chi connectivity index (χ3n) is 2.61. The maximum absolute atomic E-state index is 11.8. The van der Waals surface area contributed by atoms with Gasteiger partial charge in [0.2, 0.25) is 11.8 Å². The van der Waals surface area contributed by atoms with Crippen LogP contribution in [0, 0.1) is 0 Å². The fourth-order valence-corrected chi connectivity index (χ4v) is 1.64. The van der Waals surface area contributed by atoms with Crippen molar-refractivity contribution < 1.29 is 9.59 Å². The molecule has 0 fully saturated rings. The first-order valence-electron chi connectivity index (χ1n) is 6.33. The Morgan fingerprint density at radius 1 is 1.16 bits per heavy atom. The highest BCUT2D eigenvalue weighted by molar-refractivity contribution is 5.88. The summed E-state index contributed by atoms with van der Waals surface area (Å²) in [5.41, 5.74) is 7.11. The third-order valence-corrected chi connectivity index (χ3v) is 2.61. The van der Waals surface area contributed by atoms with Gasteiger partial charge in [-0.2, -0.15) is 0 Å². The van der Waals surface area contributed by atoms with Crippen molar-refractivity contribution in [3.63, 3.8) is 0 Å². The zero-order chi connectivity index (χ0) is 14.4. The zero-order valence-corrected chi connectivity index (χ0v) is 11.6. The molecule has 0 bridgehead atoms. The van der Waals surface area contributed by atoms with Crippen LogP contribution in [0.15, 0.2) is 24.3 Å². The highest BCUT2D eigenvalue weighted by Crippen LogP contribution is 2.10. The number of carbonyl (C=O) groups is 2. The quantitative estimate of drug-likeness (QED) is 0.688. The minimum Gasteiger partial charge on any atom is -0.398 e. The van der Waals surface area contributed by atoms with Crippen LogP contribution < -0.4 is 16.4 Å². The Hall–Kier alpha value is -2.04. The Kier molecular flexibility index (Phi) is 5.36. The lowest BCUT2D eigenvalue weighted by atomic mass is 10.1. The Morgan fingerprint density at radius 3 is 2.37 bits per heavy atom. The third kappa shape index (κ3) is 4.99. The summed E-state index contributed by atoms with van der Waals surface area (Å²) in [4.78, 5) is 23.5. The monoisotopic (exact) mass is 263 g/mol. The number of rotatable bonds is 5.